The highest BCUT2D eigenvalue weighted by molar-refractivity contribution is 7.98. The first-order valence-electron chi connectivity index (χ1n) is 38.6. The second-order valence-electron chi connectivity index (χ2n) is 32.2. The van der Waals surface area contributed by atoms with Crippen molar-refractivity contribution in [2.45, 2.75) is 250 Å². The Morgan fingerprint density at radius 3 is 0.927 bits per heavy atom. The summed E-state index contributed by atoms with van der Waals surface area (Å²) >= 11 is 1.81. The predicted molar refractivity (Wildman–Crippen MR) is 460 cm³/mol. The van der Waals surface area contributed by atoms with Gasteiger partial charge in [-0.2, -0.15) is 11.8 Å². The average molecular weight is 1560 g/mol. The van der Waals surface area contributed by atoms with E-state index >= 15 is 0 Å². The molecule has 0 radical (unpaired) electrons. The third-order valence-corrected chi connectivity index (χ3v) is 21.4. The van der Waals surface area contributed by atoms with Gasteiger partial charge < -0.3 is 42.6 Å². The minimum Gasteiger partial charge on any atom is -0.469 e. The highest BCUT2D eigenvalue weighted by atomic mass is 32.2. The number of carbonyl (C=O) groups is 7. The molecule has 0 heterocycles. The number of benzene rings is 1. The Hall–Kier alpha value is -6.04. The molecule has 0 bridgehead atoms. The molecule has 0 aliphatic carbocycles. The summed E-state index contributed by atoms with van der Waals surface area (Å²) in [4.78, 5) is 79.3. The fraction of sp³-hybridized carbons (Fsp3) is 0.707. The zero-order valence-corrected chi connectivity index (χ0v) is 75.8. The normalized spacial score (nSPS) is 13.7. The van der Waals surface area contributed by atoms with E-state index < -0.39 is 5.60 Å². The van der Waals surface area contributed by atoms with Gasteiger partial charge in [-0.15, -0.1) is 0 Å². The summed E-state index contributed by atoms with van der Waals surface area (Å²) in [5.74, 6) is 4.86. The van der Waals surface area contributed by atoms with Crippen LogP contribution in [0.25, 0.3) is 0 Å². The van der Waals surface area contributed by atoms with Gasteiger partial charge in [0.05, 0.1) is 106 Å². The van der Waals surface area contributed by atoms with Crippen LogP contribution in [-0.4, -0.2) is 129 Å². The first-order chi connectivity index (χ1) is 49.7. The lowest BCUT2D eigenvalue weighted by Gasteiger charge is -2.35. The van der Waals surface area contributed by atoms with Crippen molar-refractivity contribution >= 4 is 53.5 Å². The fourth-order valence-electron chi connectivity index (χ4n) is 11.4. The number of hydrogen-bond acceptors (Lipinski definition) is 17. The number of ether oxygens (including phenoxy) is 9. The van der Waals surface area contributed by atoms with Crippen molar-refractivity contribution in [2.24, 2.45) is 100 Å². The van der Waals surface area contributed by atoms with Gasteiger partial charge >= 0.3 is 41.8 Å². The highest BCUT2D eigenvalue weighted by Gasteiger charge is 2.35. The van der Waals surface area contributed by atoms with Crippen molar-refractivity contribution in [2.75, 3.05) is 76.0 Å². The maximum Gasteiger partial charge on any atom is 0.306 e. The number of rotatable bonds is 39. The minimum absolute atomic E-state index is 0. The highest BCUT2D eigenvalue weighted by Crippen LogP contribution is 2.39. The lowest BCUT2D eigenvalue weighted by atomic mass is 9.72. The lowest BCUT2D eigenvalue weighted by Crippen LogP contribution is -2.37. The van der Waals surface area contributed by atoms with E-state index in [2.05, 4.69) is 214 Å². The SMILES string of the molecule is C.C=C(C(C)C)C(CC(=O)OC)C(C)(C)C.C=C(C(C)C)C(CC(=O)OC)C(C)(C)OC.C=C(C(C)C)C(CC(=O)OC)C(C)C.C=C(C(C)C)C(CC(=O)OC)C(C)CC.C=C(C(C)C)C(CC(=O)OC)C(C)CSC.C=C(C(C)C)C(CC(=O)OC)C(C)OC.C=C(C(C)C)C(CC(=O)OC)c1ccccc1. The van der Waals surface area contributed by atoms with Crippen molar-refractivity contribution in [3.63, 3.8) is 0 Å². The quantitative estimate of drug-likeness (QED) is 0.0342. The summed E-state index contributed by atoms with van der Waals surface area (Å²) in [6, 6.07) is 9.99. The second-order valence-corrected chi connectivity index (χ2v) is 33.2. The van der Waals surface area contributed by atoms with Crippen molar-refractivity contribution in [3.8, 4) is 0 Å². The Morgan fingerprint density at radius 2 is 0.642 bits per heavy atom. The van der Waals surface area contributed by atoms with E-state index in [1.54, 1.807) is 14.2 Å². The van der Waals surface area contributed by atoms with E-state index in [-0.39, 0.29) is 102 Å². The first-order valence-corrected chi connectivity index (χ1v) is 40.0. The molecular formula is C92H164O16S. The number of esters is 7. The van der Waals surface area contributed by atoms with Crippen LogP contribution in [0.5, 0.6) is 0 Å². The van der Waals surface area contributed by atoms with Crippen molar-refractivity contribution < 1.29 is 76.2 Å². The summed E-state index contributed by atoms with van der Waals surface area (Å²) in [5, 5.41) is 0. The molecule has 0 N–H and O–H groups in total. The summed E-state index contributed by atoms with van der Waals surface area (Å²) in [6.07, 6.45) is 5.94. The van der Waals surface area contributed by atoms with Crippen LogP contribution < -0.4 is 0 Å². The molecule has 16 nitrogen and oxygen atoms in total. The molecular weight excluding hydrogens is 1390 g/mol. The fourth-order valence-corrected chi connectivity index (χ4v) is 12.2. The lowest BCUT2D eigenvalue weighted by molar-refractivity contribution is -0.144. The van der Waals surface area contributed by atoms with E-state index in [1.807, 2.05) is 62.9 Å². The maximum atomic E-state index is 11.5. The molecule has 634 valence electrons. The number of methoxy groups -OCH3 is 9. The van der Waals surface area contributed by atoms with Gasteiger partial charge in [0.15, 0.2) is 0 Å². The standard InChI is InChI=1S/C15H20O2.C13H24O3.C13H24O2S.2C13H24O2.C12H22O3.C12H22O2.CH4/c1-11(2)12(3)14(10-15(16)17-4)13-8-6-5-7-9-13;1-9(2)10(3)11(8-12(14)15-6)13(4,5)16-7;1-9(2)11(4)12(7-13(14)15-5)10(3)8-16-6;1-9(2)10(3)11(13(4,5)6)8-12(14)15-7;1-7-10(4)12(8-13(14)15-6)11(5)9(2)3;1-8(2)9(3)11(10(4)14-5)7-12(13)15-6;1-8(2)10(5)11(9(3)4)7-12(13)14-6;/h5-9,11,14H,3,10H2,1-2,4H3;9,11H,3,8H2,1-2,4-7H3;9-10,12H,4,7-8H2,1-3,5-6H3;9,11H,3,8H2,1-2,4-7H3;9-10,12H,5,7-8H2,1-4,6H3;8,10-11H,3,7H2,1-2,4-6H3;8-9,11H,5,7H2,1-4,6H3;1H4. The molecule has 10 unspecified atom stereocenters. The first kappa shape index (κ1) is 116. The van der Waals surface area contributed by atoms with E-state index in [4.69, 9.17) is 33.2 Å². The summed E-state index contributed by atoms with van der Waals surface area (Å²) in [6.45, 7) is 80.9. The molecule has 0 aliphatic heterocycles. The van der Waals surface area contributed by atoms with Gasteiger partial charge in [0.1, 0.15) is 0 Å². The van der Waals surface area contributed by atoms with Gasteiger partial charge in [-0.1, -0.05) is 282 Å². The Morgan fingerprint density at radius 1 is 0.367 bits per heavy atom. The van der Waals surface area contributed by atoms with Crippen LogP contribution in [0, 0.1) is 100 Å². The van der Waals surface area contributed by atoms with Gasteiger partial charge in [0, 0.05) is 32.0 Å². The molecule has 109 heavy (non-hydrogen) atoms. The van der Waals surface area contributed by atoms with Crippen LogP contribution in [0.4, 0.5) is 0 Å². The number of allylic oxidation sites excluding steroid dienone is 5. The van der Waals surface area contributed by atoms with Crippen LogP contribution >= 0.6 is 11.8 Å². The summed E-state index contributed by atoms with van der Waals surface area (Å²) in [7, 11) is 13.2. The van der Waals surface area contributed by atoms with Gasteiger partial charge in [0.2, 0.25) is 0 Å². The zero-order chi connectivity index (χ0) is 86.0. The minimum atomic E-state index is -0.407. The smallest absolute Gasteiger partial charge is 0.306 e. The molecule has 17 heteroatoms. The third kappa shape index (κ3) is 50.6. The van der Waals surface area contributed by atoms with Crippen LogP contribution in [0.15, 0.2) is 115 Å². The molecule has 0 aliphatic rings. The van der Waals surface area contributed by atoms with Crippen molar-refractivity contribution in [3.05, 3.63) is 121 Å². The van der Waals surface area contributed by atoms with Crippen LogP contribution in [0.1, 0.15) is 243 Å². The molecule has 0 saturated carbocycles. The summed E-state index contributed by atoms with van der Waals surface area (Å²) < 4.78 is 43.7. The molecule has 1 rings (SSSR count). The van der Waals surface area contributed by atoms with Crippen LogP contribution in [-0.2, 0) is 76.2 Å². The molecule has 0 amide bonds. The van der Waals surface area contributed by atoms with E-state index in [1.165, 1.54) is 49.8 Å². The third-order valence-electron chi connectivity index (χ3n) is 20.5. The monoisotopic (exact) mass is 1560 g/mol. The van der Waals surface area contributed by atoms with Gasteiger partial charge in [-0.25, -0.2) is 0 Å². The largest absolute Gasteiger partial charge is 0.469 e. The molecule has 10 atom stereocenters. The number of hydrogen-bond donors (Lipinski definition) is 0. The van der Waals surface area contributed by atoms with E-state index in [0.29, 0.717) is 104 Å². The average Bonchev–Trinajstić information content (AvgIpc) is 0.852. The van der Waals surface area contributed by atoms with Crippen molar-refractivity contribution in [1.29, 1.82) is 0 Å². The number of carbonyl (C=O) groups excluding carboxylic acids is 7. The van der Waals surface area contributed by atoms with Crippen LogP contribution in [0.3, 0.4) is 0 Å². The topological polar surface area (TPSA) is 203 Å². The maximum absolute atomic E-state index is 11.5. The van der Waals surface area contributed by atoms with Crippen LogP contribution in [0.2, 0.25) is 0 Å². The zero-order valence-electron chi connectivity index (χ0n) is 75.0. The number of thioether (sulfide) groups is 1. The second kappa shape index (κ2) is 62.5. The Labute approximate surface area is 672 Å². The van der Waals surface area contributed by atoms with Gasteiger partial charge in [-0.05, 0) is 127 Å². The molecule has 0 spiro atoms. The molecule has 1 aromatic carbocycles. The summed E-state index contributed by atoms with van der Waals surface area (Å²) in [5.41, 5.74) is 8.50. The Balaban J connectivity index is -0.000000223. The Bertz CT molecular complexity index is 2750. The Kier molecular flexibility index (Phi) is 66.6. The van der Waals surface area contributed by atoms with E-state index in [9.17, 15) is 33.6 Å². The predicted octanol–water partition coefficient (Wildman–Crippen LogP) is 22.7. The molecule has 1 aromatic rings. The van der Waals surface area contributed by atoms with Gasteiger partial charge in [0.25, 0.3) is 0 Å². The molecule has 0 saturated heterocycles. The molecule has 0 fully saturated rings. The molecule has 0 aromatic heterocycles. The van der Waals surface area contributed by atoms with E-state index in [0.717, 1.165) is 56.7 Å². The van der Waals surface area contributed by atoms with Crippen molar-refractivity contribution in [1.82, 2.24) is 0 Å². The van der Waals surface area contributed by atoms with Gasteiger partial charge in [-0.3, -0.25) is 33.6 Å².